The molecule has 1 heteroatoms. The van der Waals surface area contributed by atoms with E-state index in [1.54, 1.807) is 0 Å². The largest absolute Gasteiger partial charge is 0.303 e. The van der Waals surface area contributed by atoms with E-state index in [2.05, 4.69) is 6.58 Å². The van der Waals surface area contributed by atoms with Crippen molar-refractivity contribution in [3.05, 3.63) is 12.2 Å². The normalized spacial score (nSPS) is 28.0. The first-order chi connectivity index (χ1) is 4.34. The number of hydrogen-bond donors (Lipinski definition) is 0. The van der Waals surface area contributed by atoms with Gasteiger partial charge in [0.2, 0.25) is 0 Å². The Morgan fingerprint density at radius 1 is 1.56 bits per heavy atom. The van der Waals surface area contributed by atoms with Gasteiger partial charge in [0, 0.05) is 5.92 Å². The molecule has 0 aromatic rings. The standard InChI is InChI=1S/C8H12O/c1-7-4-2-3-5-8(7)6-9/h6,8H,1-5H2/t8-/m1/s1. The van der Waals surface area contributed by atoms with Gasteiger partial charge in [-0.2, -0.15) is 0 Å². The van der Waals surface area contributed by atoms with Crippen LogP contribution in [-0.4, -0.2) is 6.29 Å². The Morgan fingerprint density at radius 3 is 2.78 bits per heavy atom. The highest BCUT2D eigenvalue weighted by atomic mass is 16.1. The average molecular weight is 124 g/mol. The van der Waals surface area contributed by atoms with Crippen molar-refractivity contribution in [1.82, 2.24) is 0 Å². The van der Waals surface area contributed by atoms with Crippen LogP contribution in [0.4, 0.5) is 0 Å². The van der Waals surface area contributed by atoms with Crippen LogP contribution >= 0.6 is 0 Å². The molecule has 0 bridgehead atoms. The van der Waals surface area contributed by atoms with Crippen LogP contribution in [0.1, 0.15) is 25.7 Å². The molecular formula is C8H12O. The van der Waals surface area contributed by atoms with Gasteiger partial charge in [0.15, 0.2) is 0 Å². The summed E-state index contributed by atoms with van der Waals surface area (Å²) in [6.45, 7) is 3.84. The summed E-state index contributed by atoms with van der Waals surface area (Å²) in [4.78, 5) is 10.3. The van der Waals surface area contributed by atoms with Crippen molar-refractivity contribution in [1.29, 1.82) is 0 Å². The lowest BCUT2D eigenvalue weighted by molar-refractivity contribution is -0.110. The number of rotatable bonds is 1. The number of allylic oxidation sites excluding steroid dienone is 1. The lowest BCUT2D eigenvalue weighted by Gasteiger charge is -2.18. The molecule has 0 N–H and O–H groups in total. The molecule has 0 unspecified atom stereocenters. The van der Waals surface area contributed by atoms with Gasteiger partial charge >= 0.3 is 0 Å². The van der Waals surface area contributed by atoms with Crippen LogP contribution in [0.2, 0.25) is 0 Å². The molecule has 1 rings (SSSR count). The van der Waals surface area contributed by atoms with E-state index < -0.39 is 0 Å². The van der Waals surface area contributed by atoms with Crippen molar-refractivity contribution >= 4 is 6.29 Å². The summed E-state index contributed by atoms with van der Waals surface area (Å²) in [5.74, 6) is 0.179. The summed E-state index contributed by atoms with van der Waals surface area (Å²) < 4.78 is 0. The Kier molecular flexibility index (Phi) is 2.04. The van der Waals surface area contributed by atoms with Gasteiger partial charge in [0.05, 0.1) is 0 Å². The smallest absolute Gasteiger partial charge is 0.127 e. The van der Waals surface area contributed by atoms with Crippen LogP contribution in [0.15, 0.2) is 12.2 Å². The predicted octanol–water partition coefficient (Wildman–Crippen LogP) is 1.93. The van der Waals surface area contributed by atoms with Crippen molar-refractivity contribution in [2.45, 2.75) is 25.7 Å². The Balaban J connectivity index is 2.48. The summed E-state index contributed by atoms with van der Waals surface area (Å²) in [7, 11) is 0. The molecule has 0 aliphatic heterocycles. The number of hydrogen-bond acceptors (Lipinski definition) is 1. The lowest BCUT2D eigenvalue weighted by Crippen LogP contribution is -2.09. The van der Waals surface area contributed by atoms with E-state index in [4.69, 9.17) is 0 Å². The Hall–Kier alpha value is -0.590. The van der Waals surface area contributed by atoms with Crippen LogP contribution in [0.3, 0.4) is 0 Å². The molecule has 1 aliphatic rings. The molecule has 0 aromatic heterocycles. The maximum absolute atomic E-state index is 10.3. The van der Waals surface area contributed by atoms with E-state index in [-0.39, 0.29) is 5.92 Å². The SMILES string of the molecule is C=C1CCCC[C@@H]1C=O. The molecule has 1 nitrogen and oxygen atoms in total. The Bertz CT molecular complexity index is 127. The zero-order valence-corrected chi connectivity index (χ0v) is 5.60. The molecule has 0 heterocycles. The summed E-state index contributed by atoms with van der Waals surface area (Å²) in [5.41, 5.74) is 1.14. The van der Waals surface area contributed by atoms with Crippen molar-refractivity contribution in [3.63, 3.8) is 0 Å². The van der Waals surface area contributed by atoms with Gasteiger partial charge in [0.1, 0.15) is 6.29 Å². The maximum atomic E-state index is 10.3. The monoisotopic (exact) mass is 124 g/mol. The highest BCUT2D eigenvalue weighted by Gasteiger charge is 2.15. The van der Waals surface area contributed by atoms with Gasteiger partial charge in [0.25, 0.3) is 0 Å². The third-order valence-corrected chi connectivity index (χ3v) is 1.95. The minimum atomic E-state index is 0.179. The molecule has 50 valence electrons. The van der Waals surface area contributed by atoms with Crippen LogP contribution in [0.25, 0.3) is 0 Å². The molecule has 0 spiro atoms. The van der Waals surface area contributed by atoms with E-state index in [0.717, 1.165) is 24.7 Å². The highest BCUT2D eigenvalue weighted by molar-refractivity contribution is 5.58. The number of carbonyl (C=O) groups is 1. The van der Waals surface area contributed by atoms with Crippen LogP contribution in [0.5, 0.6) is 0 Å². The Morgan fingerprint density at radius 2 is 2.33 bits per heavy atom. The van der Waals surface area contributed by atoms with Gasteiger partial charge in [-0.3, -0.25) is 0 Å². The zero-order valence-electron chi connectivity index (χ0n) is 5.60. The molecule has 1 fully saturated rings. The first-order valence-electron chi connectivity index (χ1n) is 3.47. The van der Waals surface area contributed by atoms with Crippen LogP contribution < -0.4 is 0 Å². The fraction of sp³-hybridized carbons (Fsp3) is 0.625. The van der Waals surface area contributed by atoms with Crippen molar-refractivity contribution < 1.29 is 4.79 Å². The Labute approximate surface area is 55.8 Å². The third kappa shape index (κ3) is 1.41. The van der Waals surface area contributed by atoms with E-state index in [0.29, 0.717) is 0 Å². The maximum Gasteiger partial charge on any atom is 0.127 e. The molecular weight excluding hydrogens is 112 g/mol. The van der Waals surface area contributed by atoms with Crippen molar-refractivity contribution in [2.75, 3.05) is 0 Å². The molecule has 0 aromatic carbocycles. The third-order valence-electron chi connectivity index (χ3n) is 1.95. The summed E-state index contributed by atoms with van der Waals surface area (Å²) in [6.07, 6.45) is 5.54. The topological polar surface area (TPSA) is 17.1 Å². The van der Waals surface area contributed by atoms with Gasteiger partial charge in [-0.25, -0.2) is 0 Å². The van der Waals surface area contributed by atoms with Gasteiger partial charge in [-0.05, 0) is 19.3 Å². The number of aldehydes is 1. The van der Waals surface area contributed by atoms with Crippen LogP contribution in [0, 0.1) is 5.92 Å². The summed E-state index contributed by atoms with van der Waals surface area (Å²) >= 11 is 0. The van der Waals surface area contributed by atoms with Gasteiger partial charge in [-0.1, -0.05) is 18.6 Å². The first-order valence-corrected chi connectivity index (χ1v) is 3.47. The molecule has 1 aliphatic carbocycles. The van der Waals surface area contributed by atoms with E-state index in [1.807, 2.05) is 0 Å². The predicted molar refractivity (Wildman–Crippen MR) is 37.2 cm³/mol. The molecule has 1 atom stereocenters. The van der Waals surface area contributed by atoms with Gasteiger partial charge in [-0.15, -0.1) is 0 Å². The fourth-order valence-electron chi connectivity index (χ4n) is 1.27. The second-order valence-electron chi connectivity index (χ2n) is 2.65. The second kappa shape index (κ2) is 2.81. The van der Waals surface area contributed by atoms with Crippen molar-refractivity contribution in [3.8, 4) is 0 Å². The van der Waals surface area contributed by atoms with Crippen molar-refractivity contribution in [2.24, 2.45) is 5.92 Å². The quantitative estimate of drug-likeness (QED) is 0.385. The zero-order chi connectivity index (χ0) is 6.69. The van der Waals surface area contributed by atoms with E-state index in [9.17, 15) is 4.79 Å². The van der Waals surface area contributed by atoms with E-state index >= 15 is 0 Å². The van der Waals surface area contributed by atoms with Gasteiger partial charge < -0.3 is 4.79 Å². The molecule has 0 amide bonds. The lowest BCUT2D eigenvalue weighted by atomic mass is 9.86. The summed E-state index contributed by atoms with van der Waals surface area (Å²) in [6, 6.07) is 0. The molecule has 0 radical (unpaired) electrons. The molecule has 9 heavy (non-hydrogen) atoms. The molecule has 1 saturated carbocycles. The van der Waals surface area contributed by atoms with Crippen LogP contribution in [-0.2, 0) is 4.79 Å². The second-order valence-corrected chi connectivity index (χ2v) is 2.65. The van der Waals surface area contributed by atoms with E-state index in [1.165, 1.54) is 12.8 Å². The average Bonchev–Trinajstić information content (AvgIpc) is 1.89. The highest BCUT2D eigenvalue weighted by Crippen LogP contribution is 2.25. The molecule has 0 saturated heterocycles. The fourth-order valence-corrected chi connectivity index (χ4v) is 1.27. The summed E-state index contributed by atoms with van der Waals surface area (Å²) in [5, 5.41) is 0. The first kappa shape index (κ1) is 6.53. The number of carbonyl (C=O) groups excluding carboxylic acids is 1. The minimum absolute atomic E-state index is 0.179. The minimum Gasteiger partial charge on any atom is -0.303 e.